The first-order valence-electron chi connectivity index (χ1n) is 6.33. The average Bonchev–Trinajstić information content (AvgIpc) is 2.85. The number of likely N-dealkylation sites (N-methyl/N-ethyl adjacent to an activating group) is 1. The van der Waals surface area contributed by atoms with Crippen LogP contribution in [0.4, 0.5) is 0 Å². The summed E-state index contributed by atoms with van der Waals surface area (Å²) in [6.45, 7) is 8.15. The van der Waals surface area contributed by atoms with Gasteiger partial charge in [0.15, 0.2) is 0 Å². The van der Waals surface area contributed by atoms with Crippen molar-refractivity contribution in [2.24, 2.45) is 0 Å². The highest BCUT2D eigenvalue weighted by atomic mass is 15.3. The Kier molecular flexibility index (Phi) is 4.10. The molecular weight excluding hydrogens is 224 g/mol. The summed E-state index contributed by atoms with van der Waals surface area (Å²) in [7, 11) is 0. The summed E-state index contributed by atoms with van der Waals surface area (Å²) in [5.41, 5.74) is 3.96. The summed E-state index contributed by atoms with van der Waals surface area (Å²) >= 11 is 0. The van der Waals surface area contributed by atoms with Crippen molar-refractivity contribution in [3.05, 3.63) is 47.5 Å². The number of hydrogen-bond donors (Lipinski definition) is 1. The predicted octanol–water partition coefficient (Wildman–Crippen LogP) is 2.25. The Morgan fingerprint density at radius 2 is 2.11 bits per heavy atom. The normalized spacial score (nSPS) is 12.6. The average molecular weight is 244 g/mol. The Bertz CT molecular complexity index is 491. The van der Waals surface area contributed by atoms with Gasteiger partial charge in [-0.3, -0.25) is 4.68 Å². The van der Waals surface area contributed by atoms with Crippen molar-refractivity contribution in [2.45, 2.75) is 33.4 Å². The molecule has 0 amide bonds. The van der Waals surface area contributed by atoms with E-state index in [1.165, 1.54) is 16.7 Å². The zero-order valence-corrected chi connectivity index (χ0v) is 11.2. The minimum absolute atomic E-state index is 0.274. The molecule has 4 heteroatoms. The minimum atomic E-state index is 0.274. The lowest BCUT2D eigenvalue weighted by atomic mass is 10.0. The van der Waals surface area contributed by atoms with Crippen LogP contribution >= 0.6 is 0 Å². The summed E-state index contributed by atoms with van der Waals surface area (Å²) in [5, 5.41) is 7.66. The number of aromatic nitrogens is 3. The Labute approximate surface area is 108 Å². The fourth-order valence-electron chi connectivity index (χ4n) is 2.03. The van der Waals surface area contributed by atoms with E-state index >= 15 is 0 Å². The van der Waals surface area contributed by atoms with Crippen LogP contribution in [-0.2, 0) is 6.54 Å². The zero-order chi connectivity index (χ0) is 13.0. The SMILES string of the molecule is CCNC(Cn1cncn1)c1ccc(C)c(C)c1. The van der Waals surface area contributed by atoms with Crippen molar-refractivity contribution >= 4 is 0 Å². The largest absolute Gasteiger partial charge is 0.309 e. The molecule has 4 nitrogen and oxygen atoms in total. The Morgan fingerprint density at radius 3 is 2.72 bits per heavy atom. The van der Waals surface area contributed by atoms with Gasteiger partial charge in [0.05, 0.1) is 12.6 Å². The van der Waals surface area contributed by atoms with Gasteiger partial charge < -0.3 is 5.32 Å². The van der Waals surface area contributed by atoms with Crippen LogP contribution in [0.25, 0.3) is 0 Å². The molecule has 2 rings (SSSR count). The van der Waals surface area contributed by atoms with E-state index in [0.29, 0.717) is 0 Å². The third-order valence-corrected chi connectivity index (χ3v) is 3.22. The van der Waals surface area contributed by atoms with Crippen LogP contribution in [0.15, 0.2) is 30.9 Å². The highest BCUT2D eigenvalue weighted by Crippen LogP contribution is 2.18. The fraction of sp³-hybridized carbons (Fsp3) is 0.429. The molecule has 1 aromatic carbocycles. The lowest BCUT2D eigenvalue weighted by Crippen LogP contribution is -2.25. The van der Waals surface area contributed by atoms with Gasteiger partial charge in [0.1, 0.15) is 12.7 Å². The Balaban J connectivity index is 2.20. The quantitative estimate of drug-likeness (QED) is 0.877. The fourth-order valence-corrected chi connectivity index (χ4v) is 2.03. The van der Waals surface area contributed by atoms with E-state index in [1.54, 1.807) is 12.7 Å². The van der Waals surface area contributed by atoms with Crippen LogP contribution in [0.2, 0.25) is 0 Å². The summed E-state index contributed by atoms with van der Waals surface area (Å²) in [6.07, 6.45) is 3.33. The van der Waals surface area contributed by atoms with E-state index in [4.69, 9.17) is 0 Å². The molecule has 1 unspecified atom stereocenters. The number of benzene rings is 1. The van der Waals surface area contributed by atoms with Crippen LogP contribution in [-0.4, -0.2) is 21.3 Å². The standard InChI is InChI=1S/C14H20N4/c1-4-16-14(8-18-10-15-9-17-18)13-6-5-11(2)12(3)7-13/h5-7,9-10,14,16H,4,8H2,1-3H3. The molecule has 0 bridgehead atoms. The molecule has 2 aromatic rings. The molecular formula is C14H20N4. The van der Waals surface area contributed by atoms with E-state index in [-0.39, 0.29) is 6.04 Å². The molecule has 0 radical (unpaired) electrons. The second kappa shape index (κ2) is 5.78. The van der Waals surface area contributed by atoms with Crippen LogP contribution in [0, 0.1) is 13.8 Å². The van der Waals surface area contributed by atoms with Crippen molar-refractivity contribution < 1.29 is 0 Å². The van der Waals surface area contributed by atoms with Crippen LogP contribution in [0.1, 0.15) is 29.7 Å². The van der Waals surface area contributed by atoms with Crippen molar-refractivity contribution in [1.29, 1.82) is 0 Å². The third-order valence-electron chi connectivity index (χ3n) is 3.22. The van der Waals surface area contributed by atoms with Crippen molar-refractivity contribution in [2.75, 3.05) is 6.54 Å². The van der Waals surface area contributed by atoms with Crippen molar-refractivity contribution in [1.82, 2.24) is 20.1 Å². The van der Waals surface area contributed by atoms with Crippen LogP contribution in [0.5, 0.6) is 0 Å². The first-order valence-corrected chi connectivity index (χ1v) is 6.33. The lowest BCUT2D eigenvalue weighted by Gasteiger charge is -2.19. The van der Waals surface area contributed by atoms with Gasteiger partial charge in [0, 0.05) is 0 Å². The maximum absolute atomic E-state index is 4.17. The van der Waals surface area contributed by atoms with Gasteiger partial charge in [0.25, 0.3) is 0 Å². The van der Waals surface area contributed by atoms with Gasteiger partial charge >= 0.3 is 0 Å². The maximum Gasteiger partial charge on any atom is 0.137 e. The first kappa shape index (κ1) is 12.8. The molecule has 1 atom stereocenters. The smallest absolute Gasteiger partial charge is 0.137 e. The molecule has 1 aromatic heterocycles. The van der Waals surface area contributed by atoms with Gasteiger partial charge in [-0.15, -0.1) is 0 Å². The molecule has 96 valence electrons. The number of nitrogens with one attached hydrogen (secondary N) is 1. The lowest BCUT2D eigenvalue weighted by molar-refractivity contribution is 0.447. The monoisotopic (exact) mass is 244 g/mol. The highest BCUT2D eigenvalue weighted by Gasteiger charge is 2.12. The van der Waals surface area contributed by atoms with Gasteiger partial charge in [-0.05, 0) is 37.1 Å². The molecule has 0 saturated carbocycles. The number of aryl methyl sites for hydroxylation is 2. The van der Waals surface area contributed by atoms with E-state index < -0.39 is 0 Å². The second-order valence-electron chi connectivity index (χ2n) is 4.57. The van der Waals surface area contributed by atoms with Gasteiger partial charge in [-0.2, -0.15) is 5.10 Å². The first-order chi connectivity index (χ1) is 8.70. The van der Waals surface area contributed by atoms with Crippen LogP contribution in [0.3, 0.4) is 0 Å². The molecule has 18 heavy (non-hydrogen) atoms. The predicted molar refractivity (Wildman–Crippen MR) is 72.4 cm³/mol. The second-order valence-corrected chi connectivity index (χ2v) is 4.57. The number of nitrogens with zero attached hydrogens (tertiary/aromatic N) is 3. The summed E-state index contributed by atoms with van der Waals surface area (Å²) in [4.78, 5) is 3.98. The maximum atomic E-state index is 4.17. The van der Waals surface area contributed by atoms with Crippen molar-refractivity contribution in [3.63, 3.8) is 0 Å². The van der Waals surface area contributed by atoms with Crippen LogP contribution < -0.4 is 5.32 Å². The third kappa shape index (κ3) is 2.96. The molecule has 0 saturated heterocycles. The Morgan fingerprint density at radius 1 is 1.28 bits per heavy atom. The molecule has 0 aliphatic carbocycles. The van der Waals surface area contributed by atoms with E-state index in [1.807, 2.05) is 4.68 Å². The molecule has 1 N–H and O–H groups in total. The Hall–Kier alpha value is -1.68. The molecule has 0 aliphatic heterocycles. The molecule has 1 heterocycles. The van der Waals surface area contributed by atoms with Gasteiger partial charge in [-0.25, -0.2) is 4.98 Å². The summed E-state index contributed by atoms with van der Waals surface area (Å²) in [5.74, 6) is 0. The van der Waals surface area contributed by atoms with E-state index in [2.05, 4.69) is 54.4 Å². The van der Waals surface area contributed by atoms with E-state index in [9.17, 15) is 0 Å². The number of hydrogen-bond acceptors (Lipinski definition) is 3. The summed E-state index contributed by atoms with van der Waals surface area (Å²) in [6, 6.07) is 6.89. The highest BCUT2D eigenvalue weighted by molar-refractivity contribution is 5.31. The topological polar surface area (TPSA) is 42.7 Å². The van der Waals surface area contributed by atoms with Gasteiger partial charge in [-0.1, -0.05) is 25.1 Å². The minimum Gasteiger partial charge on any atom is -0.309 e. The number of rotatable bonds is 5. The van der Waals surface area contributed by atoms with Gasteiger partial charge in [0.2, 0.25) is 0 Å². The van der Waals surface area contributed by atoms with Crippen molar-refractivity contribution in [3.8, 4) is 0 Å². The van der Waals surface area contributed by atoms with E-state index in [0.717, 1.165) is 13.1 Å². The molecule has 0 aliphatic rings. The zero-order valence-electron chi connectivity index (χ0n) is 11.2. The molecule has 0 fully saturated rings. The molecule has 0 spiro atoms. The summed E-state index contributed by atoms with van der Waals surface area (Å²) < 4.78 is 1.86.